The zero-order valence-corrected chi connectivity index (χ0v) is 12.2. The number of ether oxygens (including phenoxy) is 1. The van der Waals surface area contributed by atoms with E-state index in [4.69, 9.17) is 9.84 Å². The number of carbonyl (C=O) groups excluding carboxylic acids is 1. The molecule has 0 atom stereocenters. The summed E-state index contributed by atoms with van der Waals surface area (Å²) in [6.07, 6.45) is 2.75. The minimum Gasteiger partial charge on any atom is -0.481 e. The molecule has 0 unspecified atom stereocenters. The van der Waals surface area contributed by atoms with Crippen molar-refractivity contribution in [1.82, 2.24) is 0 Å². The molecule has 21 heavy (non-hydrogen) atoms. The molecule has 1 aromatic carbocycles. The molecule has 0 aliphatic heterocycles. The fraction of sp³-hybridized carbons (Fsp3) is 0.500. The normalized spacial score (nSPS) is 20.6. The van der Waals surface area contributed by atoms with E-state index in [0.717, 1.165) is 25.0 Å². The fourth-order valence-corrected chi connectivity index (χ4v) is 2.57. The summed E-state index contributed by atoms with van der Waals surface area (Å²) in [6, 6.07) is 6.91. The molecular weight excluding hydrogens is 270 g/mol. The third-order valence-corrected chi connectivity index (χ3v) is 3.66. The van der Waals surface area contributed by atoms with Crippen LogP contribution < -0.4 is 5.32 Å². The summed E-state index contributed by atoms with van der Waals surface area (Å²) in [5, 5.41) is 11.5. The van der Waals surface area contributed by atoms with E-state index in [0.29, 0.717) is 24.1 Å². The number of rotatable bonds is 7. The van der Waals surface area contributed by atoms with Crippen LogP contribution in [0.1, 0.15) is 31.7 Å². The highest BCUT2D eigenvalue weighted by atomic mass is 16.5. The number of benzene rings is 1. The van der Waals surface area contributed by atoms with Crippen LogP contribution in [-0.2, 0) is 20.7 Å². The fourth-order valence-electron chi connectivity index (χ4n) is 2.57. The number of carboxylic acids is 1. The van der Waals surface area contributed by atoms with Crippen LogP contribution >= 0.6 is 0 Å². The van der Waals surface area contributed by atoms with E-state index in [9.17, 15) is 9.59 Å². The van der Waals surface area contributed by atoms with Gasteiger partial charge in [-0.15, -0.1) is 0 Å². The molecule has 1 aliphatic rings. The molecule has 2 rings (SSSR count). The van der Waals surface area contributed by atoms with Crippen LogP contribution in [-0.4, -0.2) is 29.7 Å². The van der Waals surface area contributed by atoms with Crippen molar-refractivity contribution in [3.8, 4) is 0 Å². The van der Waals surface area contributed by atoms with Gasteiger partial charge in [0.25, 0.3) is 0 Å². The molecule has 0 spiro atoms. The maximum Gasteiger partial charge on any atom is 0.307 e. The number of hydrogen-bond acceptors (Lipinski definition) is 3. The van der Waals surface area contributed by atoms with Gasteiger partial charge in [-0.2, -0.15) is 0 Å². The lowest BCUT2D eigenvalue weighted by atomic mass is 9.80. The Balaban J connectivity index is 1.74. The quantitative estimate of drug-likeness (QED) is 0.809. The van der Waals surface area contributed by atoms with Gasteiger partial charge < -0.3 is 15.2 Å². The summed E-state index contributed by atoms with van der Waals surface area (Å²) < 4.78 is 5.47. The SMILES string of the molecule is CCOC1CC(CC(=O)Nc2ccc(CC(=O)O)cc2)C1. The molecule has 0 bridgehead atoms. The Kier molecular flexibility index (Phi) is 5.33. The van der Waals surface area contributed by atoms with Gasteiger partial charge in [0.1, 0.15) is 0 Å². The van der Waals surface area contributed by atoms with E-state index in [1.807, 2.05) is 6.92 Å². The molecule has 114 valence electrons. The lowest BCUT2D eigenvalue weighted by Crippen LogP contribution is -2.33. The Morgan fingerprint density at radius 1 is 1.29 bits per heavy atom. The van der Waals surface area contributed by atoms with E-state index in [-0.39, 0.29) is 12.3 Å². The van der Waals surface area contributed by atoms with E-state index in [1.165, 1.54) is 0 Å². The van der Waals surface area contributed by atoms with Gasteiger partial charge in [0.05, 0.1) is 12.5 Å². The second-order valence-electron chi connectivity index (χ2n) is 5.43. The predicted octanol–water partition coefficient (Wildman–Crippen LogP) is 2.46. The van der Waals surface area contributed by atoms with Gasteiger partial charge in [0.15, 0.2) is 0 Å². The van der Waals surface area contributed by atoms with Crippen LogP contribution in [0.5, 0.6) is 0 Å². The summed E-state index contributed by atoms with van der Waals surface area (Å²) in [5.74, 6) is -0.450. The van der Waals surface area contributed by atoms with Crippen molar-refractivity contribution >= 4 is 17.6 Å². The van der Waals surface area contributed by atoms with Gasteiger partial charge in [-0.05, 0) is 43.4 Å². The average Bonchev–Trinajstić information content (AvgIpc) is 2.38. The van der Waals surface area contributed by atoms with Crippen LogP contribution in [0, 0.1) is 5.92 Å². The molecule has 0 heterocycles. The summed E-state index contributed by atoms with van der Waals surface area (Å²) in [6.45, 7) is 2.71. The Bertz CT molecular complexity index is 492. The van der Waals surface area contributed by atoms with Gasteiger partial charge in [0, 0.05) is 18.7 Å². The van der Waals surface area contributed by atoms with Crippen molar-refractivity contribution in [2.75, 3.05) is 11.9 Å². The van der Waals surface area contributed by atoms with Crippen LogP contribution in [0.25, 0.3) is 0 Å². The number of anilines is 1. The first-order chi connectivity index (χ1) is 10.1. The zero-order valence-electron chi connectivity index (χ0n) is 12.2. The highest BCUT2D eigenvalue weighted by molar-refractivity contribution is 5.91. The first kappa shape index (κ1) is 15.5. The van der Waals surface area contributed by atoms with E-state index in [1.54, 1.807) is 24.3 Å². The van der Waals surface area contributed by atoms with Crippen LogP contribution in [0.3, 0.4) is 0 Å². The number of aliphatic carboxylic acids is 1. The second-order valence-corrected chi connectivity index (χ2v) is 5.43. The van der Waals surface area contributed by atoms with E-state index < -0.39 is 5.97 Å². The van der Waals surface area contributed by atoms with Gasteiger partial charge in [-0.3, -0.25) is 9.59 Å². The molecule has 0 saturated heterocycles. The lowest BCUT2D eigenvalue weighted by Gasteiger charge is -2.34. The lowest BCUT2D eigenvalue weighted by molar-refractivity contribution is -0.136. The molecule has 0 aromatic heterocycles. The van der Waals surface area contributed by atoms with Crippen LogP contribution in [0.2, 0.25) is 0 Å². The molecule has 5 heteroatoms. The Morgan fingerprint density at radius 3 is 2.52 bits per heavy atom. The molecule has 5 nitrogen and oxygen atoms in total. The third kappa shape index (κ3) is 4.86. The monoisotopic (exact) mass is 291 g/mol. The van der Waals surface area contributed by atoms with Crippen molar-refractivity contribution in [1.29, 1.82) is 0 Å². The highest BCUT2D eigenvalue weighted by Crippen LogP contribution is 2.32. The largest absolute Gasteiger partial charge is 0.481 e. The first-order valence-electron chi connectivity index (χ1n) is 7.29. The number of carboxylic acid groups (broad SMARTS) is 1. The van der Waals surface area contributed by atoms with Crippen LogP contribution in [0.4, 0.5) is 5.69 Å². The summed E-state index contributed by atoms with van der Waals surface area (Å²) in [5.41, 5.74) is 1.42. The number of amides is 1. The number of carbonyl (C=O) groups is 2. The Hall–Kier alpha value is -1.88. The molecule has 2 N–H and O–H groups in total. The maximum absolute atomic E-state index is 11.9. The molecule has 1 aliphatic carbocycles. The zero-order chi connectivity index (χ0) is 15.2. The average molecular weight is 291 g/mol. The Labute approximate surface area is 124 Å². The first-order valence-corrected chi connectivity index (χ1v) is 7.29. The second kappa shape index (κ2) is 7.22. The van der Waals surface area contributed by atoms with Crippen molar-refractivity contribution in [3.63, 3.8) is 0 Å². The molecule has 1 amide bonds. The molecule has 1 saturated carbocycles. The molecule has 1 aromatic rings. The van der Waals surface area contributed by atoms with Crippen LogP contribution in [0.15, 0.2) is 24.3 Å². The van der Waals surface area contributed by atoms with Gasteiger partial charge >= 0.3 is 5.97 Å². The number of hydrogen-bond donors (Lipinski definition) is 2. The standard InChI is InChI=1S/C16H21NO4/c1-2-21-14-7-12(8-14)9-15(18)17-13-5-3-11(4-6-13)10-16(19)20/h3-6,12,14H,2,7-10H2,1H3,(H,17,18)(H,19,20). The van der Waals surface area contributed by atoms with E-state index >= 15 is 0 Å². The van der Waals surface area contributed by atoms with Crippen molar-refractivity contribution in [2.45, 2.75) is 38.7 Å². The summed E-state index contributed by atoms with van der Waals surface area (Å²) in [7, 11) is 0. The van der Waals surface area contributed by atoms with Gasteiger partial charge in [-0.25, -0.2) is 0 Å². The molecule has 0 radical (unpaired) electrons. The highest BCUT2D eigenvalue weighted by Gasteiger charge is 2.30. The summed E-state index contributed by atoms with van der Waals surface area (Å²) in [4.78, 5) is 22.5. The molecular formula is C16H21NO4. The maximum atomic E-state index is 11.9. The smallest absolute Gasteiger partial charge is 0.307 e. The van der Waals surface area contributed by atoms with Crippen molar-refractivity contribution in [3.05, 3.63) is 29.8 Å². The minimum atomic E-state index is -0.861. The van der Waals surface area contributed by atoms with Gasteiger partial charge in [-0.1, -0.05) is 12.1 Å². The van der Waals surface area contributed by atoms with Crippen molar-refractivity contribution in [2.24, 2.45) is 5.92 Å². The predicted molar refractivity (Wildman–Crippen MR) is 79.2 cm³/mol. The molecule has 1 fully saturated rings. The van der Waals surface area contributed by atoms with E-state index in [2.05, 4.69) is 5.32 Å². The van der Waals surface area contributed by atoms with Crippen molar-refractivity contribution < 1.29 is 19.4 Å². The Morgan fingerprint density at radius 2 is 1.95 bits per heavy atom. The third-order valence-electron chi connectivity index (χ3n) is 3.66. The van der Waals surface area contributed by atoms with Gasteiger partial charge in [0.2, 0.25) is 5.91 Å². The number of nitrogens with one attached hydrogen (secondary N) is 1. The summed E-state index contributed by atoms with van der Waals surface area (Å²) >= 11 is 0. The minimum absolute atomic E-state index is 0.000864. The topological polar surface area (TPSA) is 75.6 Å².